The zero-order valence-corrected chi connectivity index (χ0v) is 16.3. The number of ether oxygens (including phenoxy) is 2. The van der Waals surface area contributed by atoms with E-state index in [9.17, 15) is 20.1 Å². The molecule has 152 valence electrons. The number of carbonyl (C=O) groups is 1. The van der Waals surface area contributed by atoms with Crippen molar-refractivity contribution in [3.63, 3.8) is 0 Å². The molecule has 5 aliphatic rings. The smallest absolute Gasteiger partial charge is 0.168 e. The lowest BCUT2D eigenvalue weighted by Gasteiger charge is -2.63. The van der Waals surface area contributed by atoms with Gasteiger partial charge in [0.25, 0.3) is 0 Å². The van der Waals surface area contributed by atoms with Crippen LogP contribution in [0.1, 0.15) is 52.4 Å². The third kappa shape index (κ3) is 2.28. The molecule has 1 heterocycles. The Hall–Kier alpha value is -0.530. The van der Waals surface area contributed by atoms with E-state index in [1.54, 1.807) is 6.92 Å². The number of carbonyl (C=O) groups excluding carboxylic acids is 1. The third-order valence-corrected chi connectivity index (χ3v) is 9.32. The van der Waals surface area contributed by atoms with Gasteiger partial charge in [0.05, 0.1) is 36.9 Å². The number of Topliss-reactive ketones (excluding diaryl/α,β-unsaturated/α-hetero) is 1. The van der Waals surface area contributed by atoms with E-state index in [1.807, 2.05) is 0 Å². The summed E-state index contributed by atoms with van der Waals surface area (Å²) in [5, 5.41) is 32.9. The topological polar surface area (TPSA) is 96.2 Å². The van der Waals surface area contributed by atoms with Gasteiger partial charge in [-0.3, -0.25) is 4.79 Å². The molecule has 5 fully saturated rings. The van der Waals surface area contributed by atoms with E-state index in [0.29, 0.717) is 26.1 Å². The van der Waals surface area contributed by atoms with Crippen molar-refractivity contribution in [2.75, 3.05) is 13.2 Å². The van der Waals surface area contributed by atoms with Gasteiger partial charge in [0.1, 0.15) is 5.78 Å². The van der Waals surface area contributed by atoms with E-state index in [4.69, 9.17) is 9.47 Å². The van der Waals surface area contributed by atoms with Crippen LogP contribution in [-0.4, -0.2) is 58.4 Å². The van der Waals surface area contributed by atoms with Crippen LogP contribution in [0.2, 0.25) is 0 Å². The molecule has 1 aliphatic heterocycles. The Kier molecular flexibility index (Phi) is 3.94. The van der Waals surface area contributed by atoms with E-state index in [-0.39, 0.29) is 41.3 Å². The zero-order chi connectivity index (χ0) is 19.2. The molecule has 1 spiro atoms. The molecule has 5 rings (SSSR count). The van der Waals surface area contributed by atoms with Crippen molar-refractivity contribution in [1.82, 2.24) is 0 Å². The Morgan fingerprint density at radius 3 is 2.41 bits per heavy atom. The first-order chi connectivity index (χ1) is 12.7. The van der Waals surface area contributed by atoms with E-state index in [1.165, 1.54) is 0 Å². The largest absolute Gasteiger partial charge is 0.393 e. The lowest BCUT2D eigenvalue weighted by molar-refractivity contribution is -0.252. The highest BCUT2D eigenvalue weighted by Gasteiger charge is 2.68. The summed E-state index contributed by atoms with van der Waals surface area (Å²) in [6.45, 7) is 5.34. The highest BCUT2D eigenvalue weighted by atomic mass is 16.7. The zero-order valence-electron chi connectivity index (χ0n) is 16.3. The van der Waals surface area contributed by atoms with Crippen LogP contribution >= 0.6 is 0 Å². The molecular weight excluding hydrogens is 348 g/mol. The van der Waals surface area contributed by atoms with Crippen molar-refractivity contribution in [2.45, 2.75) is 76.5 Å². The van der Waals surface area contributed by atoms with Gasteiger partial charge in [-0.15, -0.1) is 0 Å². The maximum atomic E-state index is 12.6. The van der Waals surface area contributed by atoms with Crippen LogP contribution in [-0.2, 0) is 14.3 Å². The van der Waals surface area contributed by atoms with Crippen molar-refractivity contribution in [3.05, 3.63) is 0 Å². The van der Waals surface area contributed by atoms with Gasteiger partial charge in [-0.05, 0) is 49.4 Å². The normalized spacial score (nSPS) is 56.6. The van der Waals surface area contributed by atoms with Crippen molar-refractivity contribution in [2.24, 2.45) is 34.5 Å². The minimum Gasteiger partial charge on any atom is -0.393 e. The number of hydrogen-bond acceptors (Lipinski definition) is 6. The number of rotatable bonds is 0. The third-order valence-electron chi connectivity index (χ3n) is 9.32. The van der Waals surface area contributed by atoms with Crippen molar-refractivity contribution < 1.29 is 29.6 Å². The lowest BCUT2D eigenvalue weighted by Crippen LogP contribution is -2.64. The predicted octanol–water partition coefficient (Wildman–Crippen LogP) is 1.25. The van der Waals surface area contributed by atoms with Gasteiger partial charge >= 0.3 is 0 Å². The summed E-state index contributed by atoms with van der Waals surface area (Å²) in [6, 6.07) is 0. The van der Waals surface area contributed by atoms with Gasteiger partial charge in [0.2, 0.25) is 0 Å². The van der Waals surface area contributed by atoms with Gasteiger partial charge in [0.15, 0.2) is 5.79 Å². The van der Waals surface area contributed by atoms with Crippen molar-refractivity contribution in [1.29, 1.82) is 0 Å². The summed E-state index contributed by atoms with van der Waals surface area (Å²) in [4.78, 5) is 12.6. The van der Waals surface area contributed by atoms with Gasteiger partial charge < -0.3 is 24.8 Å². The van der Waals surface area contributed by atoms with Gasteiger partial charge in [-0.1, -0.05) is 6.92 Å². The Labute approximate surface area is 160 Å². The van der Waals surface area contributed by atoms with Gasteiger partial charge in [-0.2, -0.15) is 0 Å². The fourth-order valence-electron chi connectivity index (χ4n) is 7.72. The summed E-state index contributed by atoms with van der Waals surface area (Å²) >= 11 is 0. The monoisotopic (exact) mass is 380 g/mol. The molecule has 6 nitrogen and oxygen atoms in total. The van der Waals surface area contributed by atoms with Crippen molar-refractivity contribution >= 4 is 5.78 Å². The second-order valence-electron chi connectivity index (χ2n) is 10.3. The van der Waals surface area contributed by atoms with E-state index in [0.717, 1.165) is 19.3 Å². The first kappa shape index (κ1) is 18.5. The van der Waals surface area contributed by atoms with Gasteiger partial charge in [0, 0.05) is 25.2 Å². The van der Waals surface area contributed by atoms with E-state index >= 15 is 0 Å². The van der Waals surface area contributed by atoms with Crippen LogP contribution < -0.4 is 0 Å². The highest BCUT2D eigenvalue weighted by Crippen LogP contribution is 2.66. The van der Waals surface area contributed by atoms with Crippen LogP contribution in [0.15, 0.2) is 0 Å². The highest BCUT2D eigenvalue weighted by molar-refractivity contribution is 5.88. The maximum absolute atomic E-state index is 12.6. The number of aliphatic hydroxyl groups excluding tert-OH is 3. The van der Waals surface area contributed by atoms with Gasteiger partial charge in [-0.25, -0.2) is 0 Å². The molecule has 0 aromatic rings. The molecule has 0 radical (unpaired) electrons. The van der Waals surface area contributed by atoms with Crippen LogP contribution in [0.25, 0.3) is 0 Å². The molecule has 27 heavy (non-hydrogen) atoms. The summed E-state index contributed by atoms with van der Waals surface area (Å²) in [6.07, 6.45) is 1.71. The Balaban J connectivity index is 1.51. The number of aliphatic hydroxyl groups is 3. The second-order valence-corrected chi connectivity index (χ2v) is 10.3. The summed E-state index contributed by atoms with van der Waals surface area (Å²) in [5.41, 5.74) is -0.976. The van der Waals surface area contributed by atoms with Crippen LogP contribution in [0.3, 0.4) is 0 Å². The van der Waals surface area contributed by atoms with E-state index in [2.05, 4.69) is 6.92 Å². The molecular formula is C21H32O6. The molecule has 4 saturated carbocycles. The first-order valence-electron chi connectivity index (χ1n) is 10.6. The quantitative estimate of drug-likeness (QED) is 0.585. The van der Waals surface area contributed by atoms with Crippen LogP contribution in [0, 0.1) is 34.5 Å². The molecule has 0 aromatic heterocycles. The Morgan fingerprint density at radius 2 is 1.70 bits per heavy atom. The fraction of sp³-hybridized carbons (Fsp3) is 0.952. The van der Waals surface area contributed by atoms with Crippen molar-refractivity contribution in [3.8, 4) is 0 Å². The molecule has 1 saturated heterocycles. The number of hydrogen-bond donors (Lipinski definition) is 3. The molecule has 4 aliphatic carbocycles. The van der Waals surface area contributed by atoms with E-state index < -0.39 is 29.5 Å². The summed E-state index contributed by atoms with van der Waals surface area (Å²) < 4.78 is 11.9. The average molecular weight is 380 g/mol. The number of fused-ring (bicyclic) bond motifs is 5. The molecule has 0 amide bonds. The minimum absolute atomic E-state index is 0.0435. The summed E-state index contributed by atoms with van der Waals surface area (Å²) in [7, 11) is 0. The minimum atomic E-state index is -0.932. The lowest BCUT2D eigenvalue weighted by atomic mass is 9.43. The molecule has 0 bridgehead atoms. The average Bonchev–Trinajstić information content (AvgIpc) is 3.15. The predicted molar refractivity (Wildman–Crippen MR) is 95.5 cm³/mol. The molecule has 3 N–H and O–H groups in total. The first-order valence-corrected chi connectivity index (χ1v) is 10.6. The SMILES string of the molecule is C[C@]12CCC3(C[C@@H]1C[C@@H](O)[C@H]1[C@H]4[C@@H](O)CC(=O)[C@]4(C)[C@@H](O)C[C@@H]12)OCCO3. The van der Waals surface area contributed by atoms with Crippen LogP contribution in [0.4, 0.5) is 0 Å². The number of ketones is 1. The standard InChI is InChI=1S/C21H32O6/c1-19-3-4-21(26-5-6-27-21)10-11(19)7-13(22)17-12(19)8-15(24)20(2)16(25)9-14(23)18(17)20/h11-15,17-18,22-24H,3-10H2,1-2H3/t11-,12-,13+,14-,15-,17-,18+,19-,20-/m0/s1. The molecule has 0 unspecified atom stereocenters. The second kappa shape index (κ2) is 5.76. The molecule has 9 atom stereocenters. The van der Waals surface area contributed by atoms with Crippen LogP contribution in [0.5, 0.6) is 0 Å². The molecule has 6 heteroatoms. The Bertz CT molecular complexity index is 645. The Morgan fingerprint density at radius 1 is 1.00 bits per heavy atom. The maximum Gasteiger partial charge on any atom is 0.168 e. The fourth-order valence-corrected chi connectivity index (χ4v) is 7.72. The summed E-state index contributed by atoms with van der Waals surface area (Å²) in [5.74, 6) is -0.700. The molecule has 0 aromatic carbocycles.